The smallest absolute Gasteiger partial charge is 0.318 e. The van der Waals surface area contributed by atoms with Crippen LogP contribution in [-0.2, 0) is 13.0 Å². The maximum atomic E-state index is 12.5. The Hall–Kier alpha value is -2.21. The highest BCUT2D eigenvalue weighted by molar-refractivity contribution is 7.10. The molecule has 1 atom stereocenters. The lowest BCUT2D eigenvalue weighted by atomic mass is 10.1. The van der Waals surface area contributed by atoms with Crippen molar-refractivity contribution >= 4 is 17.4 Å². The highest BCUT2D eigenvalue weighted by atomic mass is 32.1. The summed E-state index contributed by atoms with van der Waals surface area (Å²) in [5, 5.41) is 5.17. The van der Waals surface area contributed by atoms with E-state index in [9.17, 15) is 4.79 Å². The standard InChI is InChI=1S/C17H18N2O3S/c1-11(12-2-3-14-15(8-12)22-10-21-14)18-17(20)19-6-4-16-13(9-19)5-7-23-16/h2-3,5,7-8,11H,4,6,9-10H2,1H3,(H,18,20). The van der Waals surface area contributed by atoms with E-state index in [1.807, 2.05) is 30.0 Å². The van der Waals surface area contributed by atoms with E-state index in [1.54, 1.807) is 11.3 Å². The van der Waals surface area contributed by atoms with Crippen molar-refractivity contribution in [2.45, 2.75) is 25.9 Å². The molecule has 0 aliphatic carbocycles. The molecular formula is C17H18N2O3S. The zero-order chi connectivity index (χ0) is 15.8. The fourth-order valence-corrected chi connectivity index (χ4v) is 3.85. The van der Waals surface area contributed by atoms with E-state index in [1.165, 1.54) is 10.4 Å². The van der Waals surface area contributed by atoms with Crippen LogP contribution in [0, 0.1) is 0 Å². The molecule has 120 valence electrons. The van der Waals surface area contributed by atoms with Crippen LogP contribution in [0.5, 0.6) is 11.5 Å². The fraction of sp³-hybridized carbons (Fsp3) is 0.353. The quantitative estimate of drug-likeness (QED) is 0.919. The van der Waals surface area contributed by atoms with E-state index in [0.29, 0.717) is 6.54 Å². The molecular weight excluding hydrogens is 312 g/mol. The molecule has 2 amide bonds. The maximum Gasteiger partial charge on any atom is 0.318 e. The summed E-state index contributed by atoms with van der Waals surface area (Å²) in [6, 6.07) is 7.79. The summed E-state index contributed by atoms with van der Waals surface area (Å²) >= 11 is 1.78. The number of rotatable bonds is 2. The number of hydrogen-bond donors (Lipinski definition) is 1. The summed E-state index contributed by atoms with van der Waals surface area (Å²) in [6.07, 6.45) is 0.943. The lowest BCUT2D eigenvalue weighted by molar-refractivity contribution is 0.174. The first-order valence-corrected chi connectivity index (χ1v) is 8.59. The summed E-state index contributed by atoms with van der Waals surface area (Å²) < 4.78 is 10.7. The number of urea groups is 1. The van der Waals surface area contributed by atoms with Crippen LogP contribution >= 0.6 is 11.3 Å². The maximum absolute atomic E-state index is 12.5. The summed E-state index contributed by atoms with van der Waals surface area (Å²) in [5.74, 6) is 1.50. The molecule has 1 unspecified atom stereocenters. The normalized spacial score (nSPS) is 16.8. The Balaban J connectivity index is 1.42. The number of ether oxygens (including phenoxy) is 2. The third-order valence-electron chi connectivity index (χ3n) is 4.33. The number of carbonyl (C=O) groups is 1. The van der Waals surface area contributed by atoms with Crippen LogP contribution < -0.4 is 14.8 Å². The van der Waals surface area contributed by atoms with Crippen molar-refractivity contribution in [2.24, 2.45) is 0 Å². The Morgan fingerprint density at radius 1 is 1.30 bits per heavy atom. The third kappa shape index (κ3) is 2.74. The number of benzene rings is 1. The van der Waals surface area contributed by atoms with Gasteiger partial charge in [0.15, 0.2) is 11.5 Å². The second-order valence-corrected chi connectivity index (χ2v) is 6.83. The van der Waals surface area contributed by atoms with Gasteiger partial charge >= 0.3 is 6.03 Å². The Bertz CT molecular complexity index is 743. The lowest BCUT2D eigenvalue weighted by Gasteiger charge is -2.28. The van der Waals surface area contributed by atoms with E-state index in [4.69, 9.17) is 9.47 Å². The van der Waals surface area contributed by atoms with E-state index in [-0.39, 0.29) is 18.9 Å². The molecule has 1 N–H and O–H groups in total. The predicted octanol–water partition coefficient (Wildman–Crippen LogP) is 3.31. The molecule has 3 heterocycles. The number of thiophene rings is 1. The van der Waals surface area contributed by atoms with Crippen LogP contribution in [0.4, 0.5) is 4.79 Å². The van der Waals surface area contributed by atoms with E-state index in [2.05, 4.69) is 16.8 Å². The van der Waals surface area contributed by atoms with Gasteiger partial charge in [0.1, 0.15) is 0 Å². The van der Waals surface area contributed by atoms with Gasteiger partial charge in [-0.1, -0.05) is 6.07 Å². The van der Waals surface area contributed by atoms with Gasteiger partial charge in [-0.3, -0.25) is 0 Å². The molecule has 1 aromatic heterocycles. The number of amides is 2. The minimum absolute atomic E-state index is 0.0213. The van der Waals surface area contributed by atoms with Gasteiger partial charge in [-0.25, -0.2) is 4.79 Å². The topological polar surface area (TPSA) is 50.8 Å². The molecule has 5 nitrogen and oxygen atoms in total. The minimum atomic E-state index is -0.0825. The highest BCUT2D eigenvalue weighted by Crippen LogP contribution is 2.34. The van der Waals surface area contributed by atoms with Gasteiger partial charge < -0.3 is 19.7 Å². The second-order valence-electron chi connectivity index (χ2n) is 5.82. The van der Waals surface area contributed by atoms with E-state index in [0.717, 1.165) is 30.0 Å². The van der Waals surface area contributed by atoms with Crippen LogP contribution in [0.1, 0.15) is 29.0 Å². The Labute approximate surface area is 138 Å². The molecule has 0 radical (unpaired) electrons. The van der Waals surface area contributed by atoms with Crippen molar-refractivity contribution in [1.82, 2.24) is 10.2 Å². The third-order valence-corrected chi connectivity index (χ3v) is 5.35. The van der Waals surface area contributed by atoms with Crippen LogP contribution in [0.3, 0.4) is 0 Å². The molecule has 1 aromatic carbocycles. The van der Waals surface area contributed by atoms with Crippen LogP contribution in [0.25, 0.3) is 0 Å². The Morgan fingerprint density at radius 2 is 2.17 bits per heavy atom. The number of nitrogens with one attached hydrogen (secondary N) is 1. The zero-order valence-corrected chi connectivity index (χ0v) is 13.7. The number of carbonyl (C=O) groups excluding carboxylic acids is 1. The van der Waals surface area contributed by atoms with E-state index < -0.39 is 0 Å². The largest absolute Gasteiger partial charge is 0.454 e. The fourth-order valence-electron chi connectivity index (χ4n) is 2.96. The molecule has 2 aliphatic heterocycles. The Morgan fingerprint density at radius 3 is 3.09 bits per heavy atom. The van der Waals surface area contributed by atoms with Gasteiger partial charge in [-0.15, -0.1) is 11.3 Å². The van der Waals surface area contributed by atoms with Crippen molar-refractivity contribution in [1.29, 1.82) is 0 Å². The predicted molar refractivity (Wildman–Crippen MR) is 87.9 cm³/mol. The average molecular weight is 330 g/mol. The summed E-state index contributed by atoms with van der Waals surface area (Å²) in [4.78, 5) is 15.8. The molecule has 2 aliphatic rings. The number of fused-ring (bicyclic) bond motifs is 2. The van der Waals surface area contributed by atoms with Crippen LogP contribution in [-0.4, -0.2) is 24.3 Å². The summed E-state index contributed by atoms with van der Waals surface area (Å²) in [6.45, 7) is 3.71. The number of nitrogens with zero attached hydrogens (tertiary/aromatic N) is 1. The average Bonchev–Trinajstić information content (AvgIpc) is 3.21. The van der Waals surface area contributed by atoms with Crippen molar-refractivity contribution in [2.75, 3.05) is 13.3 Å². The van der Waals surface area contributed by atoms with E-state index >= 15 is 0 Å². The van der Waals surface area contributed by atoms with Crippen molar-refractivity contribution in [3.8, 4) is 11.5 Å². The molecule has 4 rings (SSSR count). The molecule has 0 saturated carbocycles. The monoisotopic (exact) mass is 330 g/mol. The molecule has 23 heavy (non-hydrogen) atoms. The Kier molecular flexibility index (Phi) is 3.61. The zero-order valence-electron chi connectivity index (χ0n) is 12.9. The summed E-state index contributed by atoms with van der Waals surface area (Å²) in [7, 11) is 0. The first-order valence-electron chi connectivity index (χ1n) is 7.71. The van der Waals surface area contributed by atoms with Crippen molar-refractivity contribution in [3.05, 3.63) is 45.6 Å². The first kappa shape index (κ1) is 14.4. The van der Waals surface area contributed by atoms with Crippen LogP contribution in [0.2, 0.25) is 0 Å². The minimum Gasteiger partial charge on any atom is -0.454 e. The molecule has 0 bridgehead atoms. The summed E-state index contributed by atoms with van der Waals surface area (Å²) in [5.41, 5.74) is 2.28. The SMILES string of the molecule is CC(NC(=O)N1CCc2sccc2C1)c1ccc2c(c1)OCO2. The van der Waals surface area contributed by atoms with Gasteiger partial charge in [0.2, 0.25) is 6.79 Å². The molecule has 0 fully saturated rings. The van der Waals surface area contributed by atoms with Crippen LogP contribution in [0.15, 0.2) is 29.6 Å². The molecule has 2 aromatic rings. The molecule has 0 saturated heterocycles. The second kappa shape index (κ2) is 5.77. The van der Waals surface area contributed by atoms with Gasteiger partial charge in [0.25, 0.3) is 0 Å². The molecule has 0 spiro atoms. The first-order chi connectivity index (χ1) is 11.2. The molecule has 6 heteroatoms. The highest BCUT2D eigenvalue weighted by Gasteiger charge is 2.23. The van der Waals surface area contributed by atoms with Gasteiger partial charge in [-0.05, 0) is 48.1 Å². The van der Waals surface area contributed by atoms with Gasteiger partial charge in [0.05, 0.1) is 6.04 Å². The lowest BCUT2D eigenvalue weighted by Crippen LogP contribution is -2.43. The van der Waals surface area contributed by atoms with Crippen molar-refractivity contribution < 1.29 is 14.3 Å². The van der Waals surface area contributed by atoms with Crippen molar-refractivity contribution in [3.63, 3.8) is 0 Å². The number of hydrogen-bond acceptors (Lipinski definition) is 4. The van der Waals surface area contributed by atoms with Gasteiger partial charge in [0, 0.05) is 18.0 Å². The van der Waals surface area contributed by atoms with Gasteiger partial charge in [-0.2, -0.15) is 0 Å².